The second kappa shape index (κ2) is 8.61. The number of piperidine rings is 1. The summed E-state index contributed by atoms with van der Waals surface area (Å²) in [6, 6.07) is 8.72. The van der Waals surface area contributed by atoms with Crippen molar-refractivity contribution in [3.63, 3.8) is 0 Å². The van der Waals surface area contributed by atoms with E-state index >= 15 is 0 Å². The molecule has 8 nitrogen and oxygen atoms in total. The lowest BCUT2D eigenvalue weighted by Gasteiger charge is -2.40. The van der Waals surface area contributed by atoms with Gasteiger partial charge in [0.15, 0.2) is 17.3 Å². The molecule has 172 valence electrons. The first-order valence-electron chi connectivity index (χ1n) is 10.8. The summed E-state index contributed by atoms with van der Waals surface area (Å²) >= 11 is 0. The van der Waals surface area contributed by atoms with Gasteiger partial charge in [-0.2, -0.15) is 0 Å². The average molecular weight is 443 g/mol. The number of phenols is 2. The number of carbonyl (C=O) groups is 1. The fourth-order valence-electron chi connectivity index (χ4n) is 5.03. The van der Waals surface area contributed by atoms with E-state index in [1.54, 1.807) is 29.2 Å². The predicted molar refractivity (Wildman–Crippen MR) is 116 cm³/mol. The Labute approximate surface area is 186 Å². The van der Waals surface area contributed by atoms with Crippen LogP contribution in [-0.2, 0) is 12.3 Å². The molecule has 1 aliphatic carbocycles. The van der Waals surface area contributed by atoms with Crippen molar-refractivity contribution in [1.82, 2.24) is 4.90 Å². The lowest BCUT2D eigenvalue weighted by molar-refractivity contribution is -0.280. The van der Waals surface area contributed by atoms with Crippen molar-refractivity contribution >= 4 is 5.78 Å². The number of nitrogens with zero attached hydrogens (tertiary/aromatic N) is 1. The number of carbonyl (C=O) groups excluding carboxylic acids is 1. The van der Waals surface area contributed by atoms with E-state index in [1.807, 2.05) is 6.07 Å². The second-order valence-corrected chi connectivity index (χ2v) is 8.55. The number of phenolic OH excluding ortho intramolecular Hbond substituents is 2. The number of aliphatic hydroxyl groups is 2. The van der Waals surface area contributed by atoms with Gasteiger partial charge >= 0.3 is 0 Å². The first-order valence-corrected chi connectivity index (χ1v) is 10.8. The maximum absolute atomic E-state index is 13.1. The third kappa shape index (κ3) is 3.68. The minimum atomic E-state index is -2.03. The summed E-state index contributed by atoms with van der Waals surface area (Å²) in [5.74, 6) is -2.88. The third-order valence-corrected chi connectivity index (χ3v) is 6.77. The Hall–Kier alpha value is -2.81. The Morgan fingerprint density at radius 2 is 1.59 bits per heavy atom. The van der Waals surface area contributed by atoms with Crippen LogP contribution in [0.4, 0.5) is 0 Å². The van der Waals surface area contributed by atoms with E-state index in [-0.39, 0.29) is 46.2 Å². The summed E-state index contributed by atoms with van der Waals surface area (Å²) in [5, 5.41) is 42.5. The quantitative estimate of drug-likeness (QED) is 0.397. The standard InChI is InChI=1S/C24H29NO7/c1-31-22-20(27)17-13-15(19(26)18(17)21(28)23(22)32-2)12-14-8-10-25(11-9-14)24(29,30)16-6-4-3-5-7-16/h3-7,14-15,27-30H,8-13H2,1-2H3. The SMILES string of the molecule is COc1c(O)c2c(c(O)c1OC)C(=O)C(CC1CCN(C(O)(O)c3ccccc3)CC1)C2. The van der Waals surface area contributed by atoms with E-state index in [2.05, 4.69) is 0 Å². The number of methoxy groups -OCH3 is 2. The zero-order chi connectivity index (χ0) is 23.0. The minimum Gasteiger partial charge on any atom is -0.504 e. The molecule has 4 N–H and O–H groups in total. The lowest BCUT2D eigenvalue weighted by atomic mass is 9.85. The van der Waals surface area contributed by atoms with Gasteiger partial charge in [-0.1, -0.05) is 30.3 Å². The molecule has 0 aromatic heterocycles. The summed E-state index contributed by atoms with van der Waals surface area (Å²) in [4.78, 5) is 14.7. The molecular weight excluding hydrogens is 414 g/mol. The summed E-state index contributed by atoms with van der Waals surface area (Å²) < 4.78 is 10.3. The molecule has 0 radical (unpaired) electrons. The summed E-state index contributed by atoms with van der Waals surface area (Å²) in [7, 11) is 2.70. The van der Waals surface area contributed by atoms with E-state index in [0.717, 1.165) is 0 Å². The number of benzene rings is 2. The molecule has 2 aromatic rings. The molecule has 2 aromatic carbocycles. The van der Waals surface area contributed by atoms with Gasteiger partial charge in [-0.3, -0.25) is 4.79 Å². The molecular formula is C24H29NO7. The van der Waals surface area contributed by atoms with Crippen LogP contribution in [-0.4, -0.2) is 58.4 Å². The number of aromatic hydroxyl groups is 2. The number of rotatable bonds is 6. The molecule has 8 heteroatoms. The largest absolute Gasteiger partial charge is 0.504 e. The van der Waals surface area contributed by atoms with Crippen LogP contribution in [0.1, 0.15) is 40.7 Å². The van der Waals surface area contributed by atoms with E-state index < -0.39 is 5.91 Å². The van der Waals surface area contributed by atoms with E-state index in [0.29, 0.717) is 49.9 Å². The molecule has 1 heterocycles. The molecule has 1 aliphatic heterocycles. The fourth-order valence-corrected chi connectivity index (χ4v) is 5.03. The van der Waals surface area contributed by atoms with Gasteiger partial charge in [0.1, 0.15) is 0 Å². The first-order chi connectivity index (χ1) is 15.3. The number of ketones is 1. The van der Waals surface area contributed by atoms with Crippen molar-refractivity contribution in [2.24, 2.45) is 11.8 Å². The Morgan fingerprint density at radius 1 is 1.00 bits per heavy atom. The van der Waals surface area contributed by atoms with Crippen LogP contribution in [0, 0.1) is 11.8 Å². The highest BCUT2D eigenvalue weighted by molar-refractivity contribution is 6.06. The van der Waals surface area contributed by atoms with Crippen LogP contribution in [0.2, 0.25) is 0 Å². The zero-order valence-electron chi connectivity index (χ0n) is 18.2. The molecule has 0 bridgehead atoms. The van der Waals surface area contributed by atoms with Crippen LogP contribution in [0.25, 0.3) is 0 Å². The molecule has 1 saturated heterocycles. The number of ether oxygens (including phenoxy) is 2. The van der Waals surface area contributed by atoms with Gasteiger partial charge in [-0.25, -0.2) is 4.90 Å². The summed E-state index contributed by atoms with van der Waals surface area (Å²) in [5.41, 5.74) is 0.923. The Bertz CT molecular complexity index is 997. The molecule has 0 amide bonds. The van der Waals surface area contributed by atoms with E-state index in [9.17, 15) is 25.2 Å². The molecule has 4 rings (SSSR count). The van der Waals surface area contributed by atoms with Gasteiger partial charge in [-0.05, 0) is 31.6 Å². The van der Waals surface area contributed by atoms with Gasteiger partial charge in [0.25, 0.3) is 5.91 Å². The number of Topliss-reactive ketones (excluding diaryl/α,β-unsaturated/α-hetero) is 1. The molecule has 1 unspecified atom stereocenters. The topological polar surface area (TPSA) is 120 Å². The molecule has 0 saturated carbocycles. The van der Waals surface area contributed by atoms with Gasteiger partial charge < -0.3 is 29.9 Å². The maximum Gasteiger partial charge on any atom is 0.253 e. The lowest BCUT2D eigenvalue weighted by Crippen LogP contribution is -2.50. The smallest absolute Gasteiger partial charge is 0.253 e. The minimum absolute atomic E-state index is 0.0219. The van der Waals surface area contributed by atoms with Crippen molar-refractivity contribution in [2.75, 3.05) is 27.3 Å². The highest BCUT2D eigenvalue weighted by Crippen LogP contribution is 2.53. The number of hydrogen-bond donors (Lipinski definition) is 4. The number of hydrogen-bond acceptors (Lipinski definition) is 8. The average Bonchev–Trinajstić information content (AvgIpc) is 3.13. The Kier molecular flexibility index (Phi) is 6.03. The monoisotopic (exact) mass is 443 g/mol. The van der Waals surface area contributed by atoms with Crippen LogP contribution >= 0.6 is 0 Å². The highest BCUT2D eigenvalue weighted by atomic mass is 16.5. The van der Waals surface area contributed by atoms with Crippen molar-refractivity contribution in [2.45, 2.75) is 31.6 Å². The van der Waals surface area contributed by atoms with E-state index in [1.165, 1.54) is 14.2 Å². The molecule has 0 spiro atoms. The van der Waals surface area contributed by atoms with Crippen molar-refractivity contribution in [3.05, 3.63) is 47.0 Å². The van der Waals surface area contributed by atoms with E-state index in [4.69, 9.17) is 9.47 Å². The normalized spacial score (nSPS) is 19.8. The first kappa shape index (κ1) is 22.4. The van der Waals surface area contributed by atoms with Crippen LogP contribution in [0.5, 0.6) is 23.0 Å². The Balaban J connectivity index is 1.45. The molecule has 2 aliphatic rings. The summed E-state index contributed by atoms with van der Waals surface area (Å²) in [6.45, 7) is 0.969. The Morgan fingerprint density at radius 3 is 2.19 bits per heavy atom. The van der Waals surface area contributed by atoms with Crippen LogP contribution < -0.4 is 9.47 Å². The third-order valence-electron chi connectivity index (χ3n) is 6.77. The van der Waals surface area contributed by atoms with Crippen molar-refractivity contribution in [1.29, 1.82) is 0 Å². The van der Waals surface area contributed by atoms with Crippen LogP contribution in [0.15, 0.2) is 30.3 Å². The maximum atomic E-state index is 13.1. The second-order valence-electron chi connectivity index (χ2n) is 8.55. The molecule has 1 atom stereocenters. The van der Waals surface area contributed by atoms with Gasteiger partial charge in [-0.15, -0.1) is 0 Å². The van der Waals surface area contributed by atoms with Crippen molar-refractivity contribution in [3.8, 4) is 23.0 Å². The number of fused-ring (bicyclic) bond motifs is 1. The van der Waals surface area contributed by atoms with Gasteiger partial charge in [0, 0.05) is 30.1 Å². The molecule has 32 heavy (non-hydrogen) atoms. The highest BCUT2D eigenvalue weighted by Gasteiger charge is 2.42. The summed E-state index contributed by atoms with van der Waals surface area (Å²) in [6.07, 6.45) is 2.34. The van der Waals surface area contributed by atoms with Crippen molar-refractivity contribution < 1.29 is 34.7 Å². The zero-order valence-corrected chi connectivity index (χ0v) is 18.2. The number of likely N-dealkylation sites (tertiary alicyclic amines) is 1. The van der Waals surface area contributed by atoms with Gasteiger partial charge in [0.2, 0.25) is 11.5 Å². The molecule has 1 fully saturated rings. The fraction of sp³-hybridized carbons (Fsp3) is 0.458. The van der Waals surface area contributed by atoms with Crippen LogP contribution in [0.3, 0.4) is 0 Å². The van der Waals surface area contributed by atoms with Gasteiger partial charge in [0.05, 0.1) is 19.8 Å². The predicted octanol–water partition coefficient (Wildman–Crippen LogP) is 2.37.